The Morgan fingerprint density at radius 3 is 1.04 bits per heavy atom. The number of benzene rings is 9. The molecule has 358 valence electrons. The minimum Gasteiger partial charge on any atom is -0.338 e. The third kappa shape index (κ3) is 8.41. The van der Waals surface area contributed by atoms with Crippen LogP contribution >= 0.6 is 0 Å². The highest BCUT2D eigenvalue weighted by atomic mass is 15.2. The van der Waals surface area contributed by atoms with Crippen LogP contribution in [0.25, 0.3) is 66.8 Å². The normalized spacial score (nSPS) is 12.5. The lowest BCUT2D eigenvalue weighted by atomic mass is 9.33. The molecule has 13 rings (SSSR count). The van der Waals surface area contributed by atoms with Gasteiger partial charge >= 0.3 is 0 Å². The molecule has 0 N–H and O–H groups in total. The second-order valence-electron chi connectivity index (χ2n) is 20.9. The fraction of sp³-hybridized carbons (Fsp3) is 0.0857. The summed E-state index contributed by atoms with van der Waals surface area (Å²) in [6, 6.07) is 85.2. The molecule has 4 nitrogen and oxygen atoms in total. The Morgan fingerprint density at radius 1 is 0.347 bits per heavy atom. The number of aromatic nitrogens is 2. The van der Waals surface area contributed by atoms with Gasteiger partial charge in [0.15, 0.2) is 0 Å². The van der Waals surface area contributed by atoms with Crippen LogP contribution < -0.4 is 26.2 Å². The van der Waals surface area contributed by atoms with Gasteiger partial charge in [0.25, 0.3) is 6.71 Å². The molecule has 11 aromatic rings. The molecule has 0 atom stereocenters. The Morgan fingerprint density at radius 2 is 0.707 bits per heavy atom. The van der Waals surface area contributed by atoms with Gasteiger partial charge in [-0.25, -0.2) is 0 Å². The van der Waals surface area contributed by atoms with Crippen LogP contribution in [0.15, 0.2) is 255 Å². The number of fused-ring (bicyclic) bond motifs is 4. The number of hydrogen-bond donors (Lipinski definition) is 0. The topological polar surface area (TPSA) is 32.3 Å². The standard InChI is InChI=1S/C70H55BN4/c1-70(2,3)56-42-67-69-68(43-56)75(47-62-59(50-24-12-6-13-25-50)32-17-33-60(62)51-26-14-7-15-27-51)66-41-53(55-29-19-39-73-45-55)35-37-64(66)71(69)63-36-34-52(54-28-18-38-72-44-54)40-65(63)74(67)46-61-57(48-20-8-4-9-21-48)30-16-31-58(61)49-22-10-5-11-23-49/h4-45H,46-47H2,1-3H3. The molecule has 2 aliphatic rings. The summed E-state index contributed by atoms with van der Waals surface area (Å²) in [5.74, 6) is 0. The van der Waals surface area contributed by atoms with Gasteiger partial charge in [0.05, 0.1) is 0 Å². The van der Waals surface area contributed by atoms with Crippen LogP contribution in [0, 0.1) is 0 Å². The average molecular weight is 963 g/mol. The first-order chi connectivity index (χ1) is 36.9. The summed E-state index contributed by atoms with van der Waals surface area (Å²) in [7, 11) is 0. The van der Waals surface area contributed by atoms with Crippen molar-refractivity contribution in [2.45, 2.75) is 39.3 Å². The summed E-state index contributed by atoms with van der Waals surface area (Å²) < 4.78 is 0. The zero-order valence-electron chi connectivity index (χ0n) is 42.5. The maximum absolute atomic E-state index is 4.61. The van der Waals surface area contributed by atoms with Gasteiger partial charge in [0, 0.05) is 71.8 Å². The van der Waals surface area contributed by atoms with E-state index in [0.29, 0.717) is 13.1 Å². The van der Waals surface area contributed by atoms with E-state index in [1.807, 2.05) is 36.9 Å². The first-order valence-corrected chi connectivity index (χ1v) is 26.1. The monoisotopic (exact) mass is 962 g/mol. The molecule has 0 radical (unpaired) electrons. The molecule has 0 saturated heterocycles. The van der Waals surface area contributed by atoms with E-state index in [2.05, 4.69) is 259 Å². The molecule has 5 heteroatoms. The van der Waals surface area contributed by atoms with E-state index in [4.69, 9.17) is 0 Å². The number of hydrogen-bond acceptors (Lipinski definition) is 4. The molecule has 2 aliphatic heterocycles. The van der Waals surface area contributed by atoms with Gasteiger partial charge in [-0.2, -0.15) is 0 Å². The number of rotatable bonds is 10. The van der Waals surface area contributed by atoms with Crippen LogP contribution in [0.4, 0.5) is 22.7 Å². The molecular weight excluding hydrogens is 908 g/mol. The van der Waals surface area contributed by atoms with Gasteiger partial charge in [0.2, 0.25) is 0 Å². The van der Waals surface area contributed by atoms with Crippen molar-refractivity contribution in [2.24, 2.45) is 0 Å². The second kappa shape index (κ2) is 19.1. The van der Waals surface area contributed by atoms with Gasteiger partial charge in [0.1, 0.15) is 0 Å². The van der Waals surface area contributed by atoms with Crippen molar-refractivity contribution >= 4 is 45.9 Å². The maximum atomic E-state index is 4.61. The summed E-state index contributed by atoms with van der Waals surface area (Å²) >= 11 is 0. The van der Waals surface area contributed by atoms with Crippen LogP contribution in [-0.4, -0.2) is 16.7 Å². The first kappa shape index (κ1) is 45.8. The van der Waals surface area contributed by atoms with E-state index in [1.54, 1.807) is 0 Å². The Hall–Kier alpha value is -9.06. The molecule has 0 fully saturated rings. The van der Waals surface area contributed by atoms with E-state index >= 15 is 0 Å². The molecule has 0 unspecified atom stereocenters. The third-order valence-electron chi connectivity index (χ3n) is 15.5. The number of anilines is 4. The van der Waals surface area contributed by atoms with E-state index in [1.165, 1.54) is 100 Å². The fourth-order valence-corrected chi connectivity index (χ4v) is 11.7. The lowest BCUT2D eigenvalue weighted by Crippen LogP contribution is -2.62. The first-order valence-electron chi connectivity index (χ1n) is 26.1. The largest absolute Gasteiger partial charge is 0.338 e. The fourth-order valence-electron chi connectivity index (χ4n) is 11.7. The summed E-state index contributed by atoms with van der Waals surface area (Å²) in [5, 5.41) is 0. The molecule has 0 saturated carbocycles. The van der Waals surface area contributed by atoms with E-state index in [-0.39, 0.29) is 12.1 Å². The molecule has 0 bridgehead atoms. The molecule has 0 amide bonds. The van der Waals surface area contributed by atoms with Gasteiger partial charge in [-0.1, -0.05) is 215 Å². The van der Waals surface area contributed by atoms with Crippen molar-refractivity contribution in [1.82, 2.24) is 9.97 Å². The van der Waals surface area contributed by atoms with Gasteiger partial charge in [-0.15, -0.1) is 0 Å². The minimum atomic E-state index is -0.192. The van der Waals surface area contributed by atoms with Crippen molar-refractivity contribution in [3.8, 4) is 66.8 Å². The minimum absolute atomic E-state index is 0.0664. The van der Waals surface area contributed by atoms with Crippen molar-refractivity contribution in [3.63, 3.8) is 0 Å². The number of pyridine rings is 2. The maximum Gasteiger partial charge on any atom is 0.252 e. The Bertz CT molecular complexity index is 3500. The van der Waals surface area contributed by atoms with Gasteiger partial charge < -0.3 is 9.80 Å². The van der Waals surface area contributed by atoms with Crippen molar-refractivity contribution in [3.05, 3.63) is 272 Å². The molecule has 4 heterocycles. The quantitative estimate of drug-likeness (QED) is 0.128. The Labute approximate surface area is 441 Å². The van der Waals surface area contributed by atoms with Crippen molar-refractivity contribution in [1.29, 1.82) is 0 Å². The van der Waals surface area contributed by atoms with Crippen molar-refractivity contribution in [2.75, 3.05) is 9.80 Å². The van der Waals surface area contributed by atoms with E-state index < -0.39 is 0 Å². The lowest BCUT2D eigenvalue weighted by molar-refractivity contribution is 0.590. The zero-order chi connectivity index (χ0) is 50.5. The molecular formula is C70H55BN4. The molecule has 0 spiro atoms. The predicted octanol–water partition coefficient (Wildman–Crippen LogP) is 15.6. The highest BCUT2D eigenvalue weighted by Gasteiger charge is 2.44. The highest BCUT2D eigenvalue weighted by Crippen LogP contribution is 2.46. The van der Waals surface area contributed by atoms with Crippen LogP contribution in [0.5, 0.6) is 0 Å². The zero-order valence-corrected chi connectivity index (χ0v) is 42.5. The smallest absolute Gasteiger partial charge is 0.252 e. The summed E-state index contributed by atoms with van der Waals surface area (Å²) in [6.07, 6.45) is 7.69. The average Bonchev–Trinajstić information content (AvgIpc) is 3.48. The molecule has 9 aromatic carbocycles. The van der Waals surface area contributed by atoms with Crippen LogP contribution in [0.1, 0.15) is 37.5 Å². The van der Waals surface area contributed by atoms with Crippen molar-refractivity contribution < 1.29 is 0 Å². The van der Waals surface area contributed by atoms with E-state index in [9.17, 15) is 0 Å². The highest BCUT2D eigenvalue weighted by molar-refractivity contribution is 7.00. The van der Waals surface area contributed by atoms with Gasteiger partial charge in [-0.05, 0) is 131 Å². The van der Waals surface area contributed by atoms with E-state index in [0.717, 1.165) is 22.3 Å². The second-order valence-corrected chi connectivity index (χ2v) is 20.9. The predicted molar refractivity (Wildman–Crippen MR) is 315 cm³/mol. The van der Waals surface area contributed by atoms with Crippen LogP contribution in [-0.2, 0) is 18.5 Å². The van der Waals surface area contributed by atoms with Crippen LogP contribution in [0.2, 0.25) is 0 Å². The molecule has 2 aromatic heterocycles. The summed E-state index contributed by atoms with van der Waals surface area (Å²) in [6.45, 7) is 8.28. The summed E-state index contributed by atoms with van der Waals surface area (Å²) in [4.78, 5) is 14.5. The SMILES string of the molecule is CC(C)(C)c1cc2c3c(c1)N(Cc1c(-c4ccccc4)cccc1-c1ccccc1)c1cc(-c4cccnc4)ccc1B3c1ccc(-c3cccnc3)cc1N2Cc1c(-c2ccccc2)cccc1-c1ccccc1. The Kier molecular flexibility index (Phi) is 11.7. The lowest BCUT2D eigenvalue weighted by Gasteiger charge is -2.46. The van der Waals surface area contributed by atoms with Gasteiger partial charge in [-0.3, -0.25) is 9.97 Å². The number of nitrogens with zero attached hydrogens (tertiary/aromatic N) is 4. The molecule has 0 aliphatic carbocycles. The third-order valence-corrected chi connectivity index (χ3v) is 15.5. The summed E-state index contributed by atoms with van der Waals surface area (Å²) in [5.41, 5.74) is 26.5. The Balaban J connectivity index is 1.11. The molecule has 75 heavy (non-hydrogen) atoms. The van der Waals surface area contributed by atoms with Crippen LogP contribution in [0.3, 0.4) is 0 Å².